The zero-order valence-corrected chi connectivity index (χ0v) is 18.8. The van der Waals surface area contributed by atoms with Gasteiger partial charge in [0.15, 0.2) is 11.0 Å². The number of aromatic nitrogens is 5. The zero-order valence-electron chi connectivity index (χ0n) is 16.3. The molecule has 0 aliphatic rings. The molecule has 5 rings (SSSR count). The first-order valence-corrected chi connectivity index (χ1v) is 12.2. The maximum absolute atomic E-state index is 13.2. The van der Waals surface area contributed by atoms with Gasteiger partial charge in [-0.3, -0.25) is 4.79 Å². The van der Waals surface area contributed by atoms with Crippen LogP contribution < -0.4 is 5.56 Å². The van der Waals surface area contributed by atoms with Gasteiger partial charge in [0.2, 0.25) is 0 Å². The van der Waals surface area contributed by atoms with Crippen molar-refractivity contribution in [2.24, 2.45) is 0 Å². The molecule has 4 heterocycles. The van der Waals surface area contributed by atoms with E-state index in [1.165, 1.54) is 35.2 Å². The number of aromatic amines is 1. The molecule has 156 valence electrons. The lowest BCUT2D eigenvalue weighted by Crippen LogP contribution is -2.11. The Morgan fingerprint density at radius 1 is 1.16 bits per heavy atom. The third-order valence-electron chi connectivity index (χ3n) is 4.76. The number of nitrogens with one attached hydrogen (secondary N) is 1. The maximum atomic E-state index is 13.2. The lowest BCUT2D eigenvalue weighted by atomic mass is 10.1. The van der Waals surface area contributed by atoms with E-state index in [0.717, 1.165) is 33.5 Å². The molecule has 6 nitrogen and oxygen atoms in total. The van der Waals surface area contributed by atoms with Crippen molar-refractivity contribution in [1.29, 1.82) is 0 Å². The summed E-state index contributed by atoms with van der Waals surface area (Å²) in [5.74, 6) is 1.59. The minimum Gasteiger partial charge on any atom is -0.309 e. The smallest absolute Gasteiger partial charge is 0.260 e. The fourth-order valence-corrected chi connectivity index (χ4v) is 5.86. The fourth-order valence-electron chi connectivity index (χ4n) is 3.31. The van der Waals surface area contributed by atoms with Gasteiger partial charge < -0.3 is 9.55 Å². The second kappa shape index (κ2) is 8.37. The van der Waals surface area contributed by atoms with Gasteiger partial charge in [-0.15, -0.1) is 32.9 Å². The highest BCUT2D eigenvalue weighted by molar-refractivity contribution is 7.98. The van der Waals surface area contributed by atoms with E-state index < -0.39 is 0 Å². The first-order valence-electron chi connectivity index (χ1n) is 9.50. The first kappa shape index (κ1) is 20.1. The summed E-state index contributed by atoms with van der Waals surface area (Å²) in [6, 6.07) is 10.1. The molecular formula is C21H16FN5OS3. The number of hydrogen-bond acceptors (Lipinski definition) is 7. The van der Waals surface area contributed by atoms with Gasteiger partial charge >= 0.3 is 0 Å². The number of hydrogen-bond donors (Lipinski definition) is 1. The molecule has 1 aromatic carbocycles. The number of thiophene rings is 2. The van der Waals surface area contributed by atoms with Crippen LogP contribution in [0.1, 0.15) is 12.7 Å². The first-order chi connectivity index (χ1) is 15.1. The van der Waals surface area contributed by atoms with E-state index in [1.807, 2.05) is 22.9 Å². The van der Waals surface area contributed by atoms with Gasteiger partial charge in [0, 0.05) is 17.5 Å². The standard InChI is InChI=1S/C21H16FN5OS3/c1-2-27-18(15-4-3-9-29-15)25-26-21(27)31-11-16-23-19(28)17-14(10-30-20(17)24-16)12-5-7-13(22)8-6-12/h3-10H,2,11H2,1H3,(H,23,24,28). The summed E-state index contributed by atoms with van der Waals surface area (Å²) in [5.41, 5.74) is 1.36. The van der Waals surface area contributed by atoms with E-state index in [1.54, 1.807) is 23.5 Å². The van der Waals surface area contributed by atoms with Crippen LogP contribution in [0, 0.1) is 5.82 Å². The van der Waals surface area contributed by atoms with E-state index in [-0.39, 0.29) is 11.4 Å². The SMILES string of the molecule is CCn1c(SCc2nc3scc(-c4ccc(F)cc4)c3c(=O)[nH]2)nnc1-c1cccs1. The Labute approximate surface area is 188 Å². The Morgan fingerprint density at radius 3 is 2.74 bits per heavy atom. The third-order valence-corrected chi connectivity index (χ3v) is 7.48. The summed E-state index contributed by atoms with van der Waals surface area (Å²) in [6.45, 7) is 2.80. The number of benzene rings is 1. The van der Waals surface area contributed by atoms with Crippen molar-refractivity contribution in [3.05, 3.63) is 69.2 Å². The number of thioether (sulfide) groups is 1. The number of nitrogens with zero attached hydrogens (tertiary/aromatic N) is 4. The van der Waals surface area contributed by atoms with Gasteiger partial charge in [0.05, 0.1) is 16.0 Å². The number of H-pyrrole nitrogens is 1. The maximum Gasteiger partial charge on any atom is 0.260 e. The molecule has 1 N–H and O–H groups in total. The Balaban J connectivity index is 1.42. The van der Waals surface area contributed by atoms with Crippen molar-refractivity contribution in [1.82, 2.24) is 24.7 Å². The Morgan fingerprint density at radius 2 is 2.00 bits per heavy atom. The molecule has 0 amide bonds. The van der Waals surface area contributed by atoms with Crippen LogP contribution in [0.4, 0.5) is 4.39 Å². The van der Waals surface area contributed by atoms with Crippen LogP contribution in [0.15, 0.2) is 57.1 Å². The van der Waals surface area contributed by atoms with Crippen LogP contribution in [0.25, 0.3) is 32.0 Å². The summed E-state index contributed by atoms with van der Waals surface area (Å²) in [4.78, 5) is 22.1. The van der Waals surface area contributed by atoms with Crippen LogP contribution in [-0.2, 0) is 12.3 Å². The fraction of sp³-hybridized carbons (Fsp3) is 0.143. The topological polar surface area (TPSA) is 76.5 Å². The monoisotopic (exact) mass is 469 g/mol. The van der Waals surface area contributed by atoms with E-state index in [4.69, 9.17) is 0 Å². The Kier molecular flexibility index (Phi) is 5.43. The Hall–Kier alpha value is -2.82. The van der Waals surface area contributed by atoms with Crippen molar-refractivity contribution in [3.8, 4) is 21.8 Å². The largest absolute Gasteiger partial charge is 0.309 e. The van der Waals surface area contributed by atoms with Crippen molar-refractivity contribution < 1.29 is 4.39 Å². The molecule has 4 aromatic heterocycles. The second-order valence-corrected chi connectivity index (χ2v) is 9.41. The van der Waals surface area contributed by atoms with E-state index >= 15 is 0 Å². The highest BCUT2D eigenvalue weighted by Gasteiger charge is 2.16. The van der Waals surface area contributed by atoms with E-state index in [2.05, 4.69) is 31.7 Å². The van der Waals surface area contributed by atoms with Crippen LogP contribution in [0.3, 0.4) is 0 Å². The zero-order chi connectivity index (χ0) is 21.4. The molecule has 0 aliphatic heterocycles. The van der Waals surface area contributed by atoms with Gasteiger partial charge in [0.25, 0.3) is 5.56 Å². The molecular weight excluding hydrogens is 453 g/mol. The summed E-state index contributed by atoms with van der Waals surface area (Å²) >= 11 is 4.52. The van der Waals surface area contributed by atoms with Crippen molar-refractivity contribution in [2.45, 2.75) is 24.4 Å². The average molecular weight is 470 g/mol. The second-order valence-electron chi connectivity index (χ2n) is 6.67. The lowest BCUT2D eigenvalue weighted by molar-refractivity contribution is 0.628. The quantitative estimate of drug-likeness (QED) is 0.336. The average Bonchev–Trinajstić information content (AvgIpc) is 3.51. The third kappa shape index (κ3) is 3.82. The highest BCUT2D eigenvalue weighted by Crippen LogP contribution is 2.32. The van der Waals surface area contributed by atoms with Crippen LogP contribution in [-0.4, -0.2) is 24.7 Å². The molecule has 0 atom stereocenters. The minimum absolute atomic E-state index is 0.197. The van der Waals surface area contributed by atoms with Gasteiger partial charge in [0.1, 0.15) is 16.5 Å². The summed E-state index contributed by atoms with van der Waals surface area (Å²) in [6.07, 6.45) is 0. The van der Waals surface area contributed by atoms with Crippen molar-refractivity contribution in [3.63, 3.8) is 0 Å². The molecule has 31 heavy (non-hydrogen) atoms. The van der Waals surface area contributed by atoms with Crippen molar-refractivity contribution >= 4 is 44.7 Å². The molecule has 0 saturated heterocycles. The van der Waals surface area contributed by atoms with Crippen molar-refractivity contribution in [2.75, 3.05) is 0 Å². The molecule has 0 aliphatic carbocycles. The van der Waals surface area contributed by atoms with Gasteiger partial charge in [-0.05, 0) is 36.1 Å². The molecule has 10 heteroatoms. The van der Waals surface area contributed by atoms with Crippen LogP contribution >= 0.6 is 34.4 Å². The molecule has 5 aromatic rings. The molecule has 0 spiro atoms. The minimum atomic E-state index is -0.309. The molecule has 0 fully saturated rings. The van der Waals surface area contributed by atoms with Crippen LogP contribution in [0.2, 0.25) is 0 Å². The highest BCUT2D eigenvalue weighted by atomic mass is 32.2. The number of rotatable bonds is 6. The van der Waals surface area contributed by atoms with Gasteiger partial charge in [-0.25, -0.2) is 9.37 Å². The summed E-state index contributed by atoms with van der Waals surface area (Å²) < 4.78 is 15.3. The van der Waals surface area contributed by atoms with Gasteiger partial charge in [-0.2, -0.15) is 0 Å². The van der Waals surface area contributed by atoms with E-state index in [0.29, 0.717) is 21.8 Å². The predicted octanol–water partition coefficient (Wildman–Crippen LogP) is 5.42. The Bertz CT molecular complexity index is 1400. The normalized spacial score (nSPS) is 11.4. The summed E-state index contributed by atoms with van der Waals surface area (Å²) in [7, 11) is 0. The number of halogens is 1. The lowest BCUT2D eigenvalue weighted by Gasteiger charge is -2.06. The molecule has 0 unspecified atom stereocenters. The molecule has 0 bridgehead atoms. The summed E-state index contributed by atoms with van der Waals surface area (Å²) in [5, 5.41) is 13.9. The van der Waals surface area contributed by atoms with Gasteiger partial charge in [-0.1, -0.05) is 30.0 Å². The van der Waals surface area contributed by atoms with E-state index in [9.17, 15) is 9.18 Å². The number of fused-ring (bicyclic) bond motifs is 1. The van der Waals surface area contributed by atoms with Crippen LogP contribution in [0.5, 0.6) is 0 Å². The molecule has 0 saturated carbocycles. The molecule has 0 radical (unpaired) electrons. The predicted molar refractivity (Wildman–Crippen MR) is 124 cm³/mol.